The third kappa shape index (κ3) is 4.64. The second-order valence-electron chi connectivity index (χ2n) is 4.86. The second kappa shape index (κ2) is 6.17. The average Bonchev–Trinajstić information content (AvgIpc) is 2.15. The fourth-order valence-electron chi connectivity index (χ4n) is 1.16. The van der Waals surface area contributed by atoms with Gasteiger partial charge in [-0.2, -0.15) is 0 Å². The highest BCUT2D eigenvalue weighted by molar-refractivity contribution is 7.92. The van der Waals surface area contributed by atoms with E-state index in [2.05, 4.69) is 4.74 Å². The highest BCUT2D eigenvalue weighted by Gasteiger charge is 2.34. The Hall–Kier alpha value is -1.11. The number of carbonyl (C=O) groups excluding carboxylic acids is 1. The van der Waals surface area contributed by atoms with Crippen LogP contribution in [0.15, 0.2) is 0 Å². The monoisotopic (exact) mass is 280 g/mol. The van der Waals surface area contributed by atoms with Crippen molar-refractivity contribution in [1.29, 1.82) is 0 Å². The van der Waals surface area contributed by atoms with Gasteiger partial charge in [0.2, 0.25) is 0 Å². The number of carboxylic acid groups (broad SMARTS) is 1. The first kappa shape index (κ1) is 16.9. The Bertz CT molecular complexity index is 404. The van der Waals surface area contributed by atoms with E-state index in [0.717, 1.165) is 0 Å². The predicted octanol–water partition coefficient (Wildman–Crippen LogP) is 0.854. The molecule has 1 N–H and O–H groups in total. The molecule has 1 unspecified atom stereocenters. The van der Waals surface area contributed by atoms with Gasteiger partial charge in [-0.15, -0.1) is 0 Å². The molecule has 0 bridgehead atoms. The molecular weight excluding hydrogens is 260 g/mol. The lowest BCUT2D eigenvalue weighted by molar-refractivity contribution is -0.158. The summed E-state index contributed by atoms with van der Waals surface area (Å²) < 4.78 is 27.3. The molecule has 0 radical (unpaired) electrons. The molecule has 7 heteroatoms. The fraction of sp³-hybridized carbons (Fsp3) is 0.818. The van der Waals surface area contributed by atoms with Gasteiger partial charge in [-0.1, -0.05) is 0 Å². The lowest BCUT2D eigenvalue weighted by Crippen LogP contribution is -2.34. The summed E-state index contributed by atoms with van der Waals surface area (Å²) >= 11 is 0. The van der Waals surface area contributed by atoms with Crippen molar-refractivity contribution in [1.82, 2.24) is 0 Å². The third-order valence-electron chi connectivity index (χ3n) is 2.48. The fourth-order valence-corrected chi connectivity index (χ4v) is 2.32. The maximum absolute atomic E-state index is 11.8. The first-order valence-electron chi connectivity index (χ1n) is 5.64. The van der Waals surface area contributed by atoms with Crippen LogP contribution in [0.25, 0.3) is 0 Å². The van der Waals surface area contributed by atoms with Gasteiger partial charge in [0, 0.05) is 0 Å². The lowest BCUT2D eigenvalue weighted by Gasteiger charge is -2.20. The van der Waals surface area contributed by atoms with Crippen molar-refractivity contribution in [2.45, 2.75) is 38.9 Å². The van der Waals surface area contributed by atoms with E-state index in [1.165, 1.54) is 20.8 Å². The van der Waals surface area contributed by atoms with Gasteiger partial charge in [0.25, 0.3) is 0 Å². The highest BCUT2D eigenvalue weighted by Crippen LogP contribution is 2.19. The quantitative estimate of drug-likeness (QED) is 0.572. The molecule has 18 heavy (non-hydrogen) atoms. The first-order chi connectivity index (χ1) is 8.03. The largest absolute Gasteiger partial charge is 0.481 e. The van der Waals surface area contributed by atoms with Crippen LogP contribution >= 0.6 is 0 Å². The van der Waals surface area contributed by atoms with E-state index >= 15 is 0 Å². The van der Waals surface area contributed by atoms with Gasteiger partial charge in [0.05, 0.1) is 17.1 Å². The molecular formula is C11H20O6S. The maximum atomic E-state index is 11.8. The minimum Gasteiger partial charge on any atom is -0.481 e. The number of aliphatic carboxylic acids is 1. The summed E-state index contributed by atoms with van der Waals surface area (Å²) in [5.74, 6) is -4.04. The molecule has 0 rings (SSSR count). The van der Waals surface area contributed by atoms with Gasteiger partial charge in [0.1, 0.15) is 0 Å². The van der Waals surface area contributed by atoms with Gasteiger partial charge < -0.3 is 9.84 Å². The predicted molar refractivity (Wildman–Crippen MR) is 65.9 cm³/mol. The summed E-state index contributed by atoms with van der Waals surface area (Å²) in [5, 5.41) is 8.87. The summed E-state index contributed by atoms with van der Waals surface area (Å²) in [6.45, 7) is 6.21. The molecule has 6 nitrogen and oxygen atoms in total. The zero-order valence-corrected chi connectivity index (χ0v) is 11.9. The molecule has 0 spiro atoms. The molecule has 0 amide bonds. The molecule has 0 aromatic rings. The Morgan fingerprint density at radius 3 is 2.11 bits per heavy atom. The van der Waals surface area contributed by atoms with E-state index in [1.807, 2.05) is 0 Å². The normalized spacial score (nSPS) is 14.0. The molecule has 0 aliphatic heterocycles. The number of esters is 1. The number of carboxylic acids is 1. The van der Waals surface area contributed by atoms with E-state index in [-0.39, 0.29) is 18.8 Å². The van der Waals surface area contributed by atoms with E-state index in [1.54, 1.807) is 6.92 Å². The van der Waals surface area contributed by atoms with Gasteiger partial charge in [-0.25, -0.2) is 8.42 Å². The van der Waals surface area contributed by atoms with Crippen LogP contribution in [0.5, 0.6) is 0 Å². The van der Waals surface area contributed by atoms with E-state index in [9.17, 15) is 18.0 Å². The van der Waals surface area contributed by atoms with Crippen LogP contribution in [0.2, 0.25) is 0 Å². The first-order valence-corrected chi connectivity index (χ1v) is 7.30. The molecule has 0 saturated carbocycles. The Kier molecular flexibility index (Phi) is 5.79. The summed E-state index contributed by atoms with van der Waals surface area (Å²) in [4.78, 5) is 22.2. The smallest absolute Gasteiger partial charge is 0.320 e. The molecule has 1 atom stereocenters. The van der Waals surface area contributed by atoms with Crippen molar-refractivity contribution < 1.29 is 27.9 Å². The topological polar surface area (TPSA) is 97.7 Å². The van der Waals surface area contributed by atoms with E-state index in [4.69, 9.17) is 5.11 Å². The maximum Gasteiger partial charge on any atom is 0.320 e. The number of ether oxygens (including phenoxy) is 1. The molecule has 106 valence electrons. The zero-order chi connectivity index (χ0) is 14.6. The van der Waals surface area contributed by atoms with E-state index < -0.39 is 32.4 Å². The zero-order valence-electron chi connectivity index (χ0n) is 11.1. The number of carbonyl (C=O) groups is 2. The van der Waals surface area contributed by atoms with Gasteiger partial charge in [0.15, 0.2) is 15.8 Å². The standard InChI is InChI=1S/C11H20O6S/c1-5-17-10(14)8(9(12)13)6-7-18(15,16)11(2,3)4/h8H,5-7H2,1-4H3,(H,12,13). The minimum atomic E-state index is -3.45. The Morgan fingerprint density at radius 1 is 1.28 bits per heavy atom. The van der Waals surface area contributed by atoms with Crippen LogP contribution in [0.4, 0.5) is 0 Å². The summed E-state index contributed by atoms with van der Waals surface area (Å²) in [5.41, 5.74) is 0. The molecule has 0 aliphatic rings. The number of hydrogen-bond acceptors (Lipinski definition) is 5. The number of rotatable bonds is 6. The van der Waals surface area contributed by atoms with Gasteiger partial charge in [-0.05, 0) is 34.1 Å². The van der Waals surface area contributed by atoms with E-state index in [0.29, 0.717) is 0 Å². The Morgan fingerprint density at radius 2 is 1.78 bits per heavy atom. The summed E-state index contributed by atoms with van der Waals surface area (Å²) in [6.07, 6.45) is -0.270. The van der Waals surface area contributed by atoms with Crippen LogP contribution in [0.3, 0.4) is 0 Å². The van der Waals surface area contributed by atoms with Crippen molar-refractivity contribution in [3.63, 3.8) is 0 Å². The SMILES string of the molecule is CCOC(=O)C(CCS(=O)(=O)C(C)(C)C)C(=O)O. The minimum absolute atomic E-state index is 0.0641. The molecule has 0 fully saturated rings. The van der Waals surface area contributed by atoms with Crippen LogP contribution in [0, 0.1) is 5.92 Å². The number of sulfone groups is 1. The van der Waals surface area contributed by atoms with Crippen molar-refractivity contribution in [3.05, 3.63) is 0 Å². The van der Waals surface area contributed by atoms with Crippen molar-refractivity contribution >= 4 is 21.8 Å². The molecule has 0 aliphatic carbocycles. The molecule has 0 saturated heterocycles. The average molecular weight is 280 g/mol. The van der Waals surface area contributed by atoms with Gasteiger partial charge in [-0.3, -0.25) is 9.59 Å². The van der Waals surface area contributed by atoms with Crippen LogP contribution in [0.1, 0.15) is 34.1 Å². The van der Waals surface area contributed by atoms with Crippen LogP contribution < -0.4 is 0 Å². The Balaban J connectivity index is 4.76. The van der Waals surface area contributed by atoms with Crippen molar-refractivity contribution in [3.8, 4) is 0 Å². The summed E-state index contributed by atoms with van der Waals surface area (Å²) in [7, 11) is -3.45. The summed E-state index contributed by atoms with van der Waals surface area (Å²) in [6, 6.07) is 0. The Labute approximate surface area is 107 Å². The highest BCUT2D eigenvalue weighted by atomic mass is 32.2. The second-order valence-corrected chi connectivity index (χ2v) is 7.73. The lowest BCUT2D eigenvalue weighted by atomic mass is 10.1. The van der Waals surface area contributed by atoms with Crippen molar-refractivity contribution in [2.75, 3.05) is 12.4 Å². The van der Waals surface area contributed by atoms with Gasteiger partial charge >= 0.3 is 11.9 Å². The van der Waals surface area contributed by atoms with Crippen LogP contribution in [-0.2, 0) is 24.2 Å². The molecule has 0 aromatic heterocycles. The molecule has 0 heterocycles. The number of hydrogen-bond donors (Lipinski definition) is 1. The molecule has 0 aromatic carbocycles. The van der Waals surface area contributed by atoms with Crippen LogP contribution in [-0.4, -0.2) is 42.6 Å². The van der Waals surface area contributed by atoms with Crippen molar-refractivity contribution in [2.24, 2.45) is 5.92 Å². The third-order valence-corrected chi connectivity index (χ3v) is 5.12.